The summed E-state index contributed by atoms with van der Waals surface area (Å²) in [5.74, 6) is -0.601. The van der Waals surface area contributed by atoms with E-state index in [2.05, 4.69) is 13.8 Å². The van der Waals surface area contributed by atoms with Crippen molar-refractivity contribution >= 4 is 22.9 Å². The largest absolute Gasteiger partial charge is 0.435 e. The van der Waals surface area contributed by atoms with Crippen molar-refractivity contribution in [3.05, 3.63) is 40.8 Å². The molecular formula is C29H34O9. The number of carbonyl (C=O) groups is 2. The van der Waals surface area contributed by atoms with E-state index >= 15 is 0 Å². The molecule has 2 saturated carbocycles. The number of esters is 2. The molecule has 2 aromatic rings. The van der Waals surface area contributed by atoms with Gasteiger partial charge >= 0.3 is 17.6 Å². The van der Waals surface area contributed by atoms with Crippen LogP contribution in [-0.4, -0.2) is 35.5 Å². The van der Waals surface area contributed by atoms with Crippen molar-refractivity contribution in [2.45, 2.75) is 89.3 Å². The van der Waals surface area contributed by atoms with E-state index in [1.807, 2.05) is 6.92 Å². The van der Waals surface area contributed by atoms with E-state index in [1.165, 1.54) is 6.07 Å². The molecule has 4 heterocycles. The van der Waals surface area contributed by atoms with Crippen molar-refractivity contribution in [3.8, 4) is 5.75 Å². The Morgan fingerprint density at radius 2 is 1.82 bits per heavy atom. The Balaban J connectivity index is 1.10. The third-order valence-corrected chi connectivity index (χ3v) is 9.25. The van der Waals surface area contributed by atoms with Gasteiger partial charge in [0.2, 0.25) is 12.0 Å². The first kappa shape index (κ1) is 25.5. The quantitative estimate of drug-likeness (QED) is 0.311. The molecule has 5 aliphatic rings. The van der Waals surface area contributed by atoms with Crippen molar-refractivity contribution in [1.82, 2.24) is 0 Å². The molecule has 204 valence electrons. The van der Waals surface area contributed by atoms with Gasteiger partial charge in [-0.1, -0.05) is 32.0 Å². The van der Waals surface area contributed by atoms with Crippen LogP contribution >= 0.6 is 0 Å². The Labute approximate surface area is 220 Å². The van der Waals surface area contributed by atoms with Crippen LogP contribution in [0.3, 0.4) is 0 Å². The molecule has 2 bridgehead atoms. The van der Waals surface area contributed by atoms with Gasteiger partial charge in [-0.05, 0) is 56.6 Å². The van der Waals surface area contributed by atoms with Crippen LogP contribution in [0.5, 0.6) is 5.75 Å². The maximum absolute atomic E-state index is 12.8. The fourth-order valence-corrected chi connectivity index (χ4v) is 7.24. The third kappa shape index (κ3) is 4.25. The zero-order valence-electron chi connectivity index (χ0n) is 22.0. The summed E-state index contributed by atoms with van der Waals surface area (Å²) in [6.45, 7) is 6.38. The lowest BCUT2D eigenvalue weighted by Gasteiger charge is -2.60. The predicted octanol–water partition coefficient (Wildman–Crippen LogP) is 4.69. The number of para-hydroxylation sites is 1. The van der Waals surface area contributed by atoms with E-state index in [0.717, 1.165) is 25.7 Å². The third-order valence-electron chi connectivity index (χ3n) is 9.25. The SMILES string of the molecule is C[C@H]1[C@H](OC(=O)CCC(=O)Oc2cc3ccccc3oc2=O)O[C@@H]2C[C@]3(C)CC[C@H]4[C@H](C)CC[C@@H]1[C@@]24OO3. The van der Waals surface area contributed by atoms with Crippen molar-refractivity contribution < 1.29 is 38.0 Å². The van der Waals surface area contributed by atoms with E-state index in [9.17, 15) is 14.4 Å². The molecular weight excluding hydrogens is 492 g/mol. The van der Waals surface area contributed by atoms with Crippen molar-refractivity contribution in [2.24, 2.45) is 23.7 Å². The molecule has 0 N–H and O–H groups in total. The first-order valence-electron chi connectivity index (χ1n) is 13.6. The second kappa shape index (κ2) is 9.47. The molecule has 38 heavy (non-hydrogen) atoms. The number of benzene rings is 1. The minimum absolute atomic E-state index is 0.0922. The van der Waals surface area contributed by atoms with Gasteiger partial charge < -0.3 is 18.6 Å². The lowest BCUT2D eigenvalue weighted by atomic mass is 9.56. The van der Waals surface area contributed by atoms with Crippen molar-refractivity contribution in [1.29, 1.82) is 0 Å². The maximum Gasteiger partial charge on any atom is 0.379 e. The van der Waals surface area contributed by atoms with Crippen LogP contribution in [0.25, 0.3) is 11.0 Å². The summed E-state index contributed by atoms with van der Waals surface area (Å²) in [6, 6.07) is 8.38. The van der Waals surface area contributed by atoms with Gasteiger partial charge in [0.25, 0.3) is 0 Å². The monoisotopic (exact) mass is 526 g/mol. The summed E-state index contributed by atoms with van der Waals surface area (Å²) >= 11 is 0. The summed E-state index contributed by atoms with van der Waals surface area (Å²) in [5, 5.41) is 0.630. The Bertz CT molecular complexity index is 1300. The molecule has 0 amide bonds. The standard InChI is InChI=1S/C29H34O9/c1-16-8-9-20-17(2)27(35-23-15-28(3)13-12-19(16)29(20,23)38-37-28)36-25(31)11-10-24(30)33-22-14-18-6-4-5-7-21(18)34-26(22)32/h4-7,14,16-17,19-20,23,27H,8-13,15H2,1-3H3/t16-,17-,19+,20+,23-,27+,28+,29-/m1/s1. The fourth-order valence-electron chi connectivity index (χ4n) is 7.24. The average Bonchev–Trinajstić information content (AvgIpc) is 3.12. The first-order valence-corrected chi connectivity index (χ1v) is 13.6. The molecule has 9 heteroatoms. The molecule has 2 aliphatic carbocycles. The highest BCUT2D eigenvalue weighted by atomic mass is 17.2. The van der Waals surface area contributed by atoms with Gasteiger partial charge in [-0.15, -0.1) is 0 Å². The van der Waals surface area contributed by atoms with Gasteiger partial charge in [0, 0.05) is 23.6 Å². The number of hydrogen-bond acceptors (Lipinski definition) is 9. The predicted molar refractivity (Wildman–Crippen MR) is 134 cm³/mol. The summed E-state index contributed by atoms with van der Waals surface area (Å²) in [7, 11) is 0. The topological polar surface area (TPSA) is 111 Å². The number of rotatable bonds is 5. The fraction of sp³-hybridized carbons (Fsp3) is 0.621. The molecule has 3 saturated heterocycles. The summed E-state index contributed by atoms with van der Waals surface area (Å²) in [6.07, 6.45) is 3.28. The van der Waals surface area contributed by atoms with E-state index in [4.69, 9.17) is 28.4 Å². The normalized spacial score (nSPS) is 37.8. The zero-order valence-corrected chi connectivity index (χ0v) is 22.0. The highest BCUT2D eigenvalue weighted by Gasteiger charge is 2.68. The van der Waals surface area contributed by atoms with Crippen molar-refractivity contribution in [3.63, 3.8) is 0 Å². The Morgan fingerprint density at radius 1 is 1.03 bits per heavy atom. The minimum Gasteiger partial charge on any atom is -0.435 e. The number of fused-ring (bicyclic) bond motifs is 3. The molecule has 1 spiro atoms. The van der Waals surface area contributed by atoms with Crippen LogP contribution in [-0.2, 0) is 28.8 Å². The van der Waals surface area contributed by atoms with Crippen LogP contribution in [0, 0.1) is 23.7 Å². The second-order valence-electron chi connectivity index (χ2n) is 11.7. The van der Waals surface area contributed by atoms with Gasteiger partial charge in [0.1, 0.15) is 16.8 Å². The second-order valence-corrected chi connectivity index (χ2v) is 11.7. The molecule has 0 unspecified atom stereocenters. The van der Waals surface area contributed by atoms with Gasteiger partial charge in [-0.2, -0.15) is 0 Å². The Morgan fingerprint density at radius 3 is 2.66 bits per heavy atom. The number of ether oxygens (including phenoxy) is 3. The van der Waals surface area contributed by atoms with E-state index in [1.54, 1.807) is 24.3 Å². The molecule has 1 aromatic carbocycles. The number of carbonyl (C=O) groups excluding carboxylic acids is 2. The van der Waals surface area contributed by atoms with Crippen LogP contribution < -0.4 is 10.4 Å². The van der Waals surface area contributed by atoms with Gasteiger partial charge in [0.05, 0.1) is 18.9 Å². The van der Waals surface area contributed by atoms with E-state index in [0.29, 0.717) is 29.2 Å². The summed E-state index contributed by atoms with van der Waals surface area (Å²) in [5.41, 5.74) is -1.31. The van der Waals surface area contributed by atoms with E-state index in [-0.39, 0.29) is 36.5 Å². The lowest BCUT2D eigenvalue weighted by molar-refractivity contribution is -0.494. The molecule has 3 aliphatic heterocycles. The van der Waals surface area contributed by atoms with Gasteiger partial charge in [0.15, 0.2) is 0 Å². The van der Waals surface area contributed by atoms with Gasteiger partial charge in [-0.25, -0.2) is 14.6 Å². The smallest absolute Gasteiger partial charge is 0.379 e. The van der Waals surface area contributed by atoms with Crippen LogP contribution in [0.15, 0.2) is 39.5 Å². The zero-order chi connectivity index (χ0) is 26.7. The van der Waals surface area contributed by atoms with Crippen molar-refractivity contribution in [2.75, 3.05) is 0 Å². The highest BCUT2D eigenvalue weighted by Crippen LogP contribution is 2.61. The molecule has 5 fully saturated rings. The number of hydrogen-bond donors (Lipinski definition) is 0. The van der Waals surface area contributed by atoms with Crippen LogP contribution in [0.2, 0.25) is 0 Å². The van der Waals surface area contributed by atoms with Crippen LogP contribution in [0.1, 0.15) is 65.7 Å². The first-order chi connectivity index (χ1) is 18.2. The maximum atomic E-state index is 12.8. The molecule has 8 atom stereocenters. The summed E-state index contributed by atoms with van der Waals surface area (Å²) < 4.78 is 22.6. The minimum atomic E-state index is -0.754. The lowest BCUT2D eigenvalue weighted by Crippen LogP contribution is -2.69. The van der Waals surface area contributed by atoms with E-state index < -0.39 is 35.1 Å². The average molecular weight is 527 g/mol. The molecule has 7 rings (SSSR count). The Hall–Kier alpha value is -2.75. The molecule has 9 nitrogen and oxygen atoms in total. The highest BCUT2D eigenvalue weighted by molar-refractivity contribution is 5.81. The molecule has 1 aromatic heterocycles. The Kier molecular flexibility index (Phi) is 6.36. The van der Waals surface area contributed by atoms with Gasteiger partial charge in [-0.3, -0.25) is 9.59 Å². The van der Waals surface area contributed by atoms with Crippen LogP contribution in [0.4, 0.5) is 0 Å². The molecule has 0 radical (unpaired) electrons. The summed E-state index contributed by atoms with van der Waals surface area (Å²) in [4.78, 5) is 49.6.